The second-order valence-corrected chi connectivity index (χ2v) is 57.3. The zero-order valence-corrected chi connectivity index (χ0v) is 52.9. The van der Waals surface area contributed by atoms with Crippen molar-refractivity contribution in [2.45, 2.75) is 166 Å². The van der Waals surface area contributed by atoms with E-state index in [9.17, 15) is 0 Å². The molecule has 0 aliphatic heterocycles. The van der Waals surface area contributed by atoms with E-state index >= 15 is 0 Å². The van der Waals surface area contributed by atoms with Gasteiger partial charge in [0.25, 0.3) is 0 Å². The molecule has 0 saturated heterocycles. The summed E-state index contributed by atoms with van der Waals surface area (Å²) in [5.74, 6) is 0. The summed E-state index contributed by atoms with van der Waals surface area (Å²) in [5.41, 5.74) is 10.7. The van der Waals surface area contributed by atoms with E-state index < -0.39 is 56.5 Å². The monoisotopic (exact) mass is 1010 g/mol. The van der Waals surface area contributed by atoms with Crippen LogP contribution in [0.4, 0.5) is 0 Å². The number of halogens is 3. The molecule has 4 rings (SSSR count). The Morgan fingerprint density at radius 2 is 0.559 bits per heavy atom. The molecule has 0 unspecified atom stereocenters. The SMILES string of the molecule is Cc1ccc([Si](c2ccc(C)c([Si](C)(C)C)c2[Si](C)(C)C)(c2ccc(C)c([Si](C)(C)C)c2[Si](C)(C)C)c2c(C)c(C)c(C)[c-]2C)c([Si](C)(C)C)c1[Si](C)(C)C.[Cl-].[Cl-].[Cl-].[Ti+4]. The summed E-state index contributed by atoms with van der Waals surface area (Å²) in [6.07, 6.45) is 0. The fourth-order valence-electron chi connectivity index (χ4n) is 10.9. The Kier molecular flexibility index (Phi) is 19.3. The normalized spacial score (nSPS) is 13.0. The number of benzene rings is 3. The molecule has 326 valence electrons. The van der Waals surface area contributed by atoms with Gasteiger partial charge in [0.1, 0.15) is 0 Å². The first-order valence-corrected chi connectivity index (χ1v) is 44.2. The van der Waals surface area contributed by atoms with E-state index in [1.165, 1.54) is 27.8 Å². The van der Waals surface area contributed by atoms with Crippen LogP contribution >= 0.6 is 0 Å². The van der Waals surface area contributed by atoms with Gasteiger partial charge in [0, 0.05) is 0 Å². The first kappa shape index (κ1) is 59.1. The molecule has 0 bridgehead atoms. The third kappa shape index (κ3) is 10.6. The molecule has 0 amide bonds. The van der Waals surface area contributed by atoms with Crippen LogP contribution in [0.1, 0.15) is 38.9 Å². The maximum atomic E-state index is 2.75. The van der Waals surface area contributed by atoms with Crippen LogP contribution in [0.15, 0.2) is 36.4 Å². The second kappa shape index (κ2) is 19.3. The van der Waals surface area contributed by atoms with Crippen molar-refractivity contribution < 1.29 is 58.9 Å². The average Bonchev–Trinajstić information content (AvgIpc) is 3.17. The van der Waals surface area contributed by atoms with Gasteiger partial charge in [-0.3, -0.25) is 0 Å². The Labute approximate surface area is 405 Å². The van der Waals surface area contributed by atoms with Crippen molar-refractivity contribution in [1.29, 1.82) is 0 Å². The number of aryl methyl sites for hydroxylation is 3. The van der Waals surface area contributed by atoms with Gasteiger partial charge in [-0.1, -0.05) is 230 Å². The van der Waals surface area contributed by atoms with Gasteiger partial charge in [-0.25, -0.2) is 0 Å². The van der Waals surface area contributed by atoms with E-state index in [0.29, 0.717) is 0 Å². The number of rotatable bonds is 10. The molecule has 0 fully saturated rings. The smallest absolute Gasteiger partial charge is 1.00 e. The van der Waals surface area contributed by atoms with Crippen LogP contribution < -0.4 is 89.1 Å². The predicted molar refractivity (Wildman–Crippen MR) is 277 cm³/mol. The summed E-state index contributed by atoms with van der Waals surface area (Å²) >= 11 is 0. The molecule has 0 nitrogen and oxygen atoms in total. The Hall–Kier alpha value is 0.112. The van der Waals surface area contributed by atoms with Crippen molar-refractivity contribution >= 4 is 108 Å². The zero-order valence-electron chi connectivity index (χ0n) is 42.1. The van der Waals surface area contributed by atoms with E-state index in [-0.39, 0.29) is 58.9 Å². The molecule has 0 aliphatic rings. The van der Waals surface area contributed by atoms with E-state index in [2.05, 4.69) is 203 Å². The number of hydrogen-bond donors (Lipinski definition) is 0. The molecule has 0 heterocycles. The molecule has 0 aliphatic carbocycles. The van der Waals surface area contributed by atoms with Gasteiger partial charge in [0.05, 0.1) is 48.4 Å². The largest absolute Gasteiger partial charge is 4.00 e. The van der Waals surface area contributed by atoms with Gasteiger partial charge in [-0.05, 0) is 36.3 Å². The van der Waals surface area contributed by atoms with Gasteiger partial charge < -0.3 is 37.2 Å². The maximum Gasteiger partial charge on any atom is 4.00 e. The Balaban J connectivity index is 0.00000841. The molecule has 0 radical (unpaired) electrons. The van der Waals surface area contributed by atoms with Crippen LogP contribution in [0.3, 0.4) is 0 Å². The summed E-state index contributed by atoms with van der Waals surface area (Å²) in [6, 6.07) is 16.1. The quantitative estimate of drug-likeness (QED) is 0.111. The fourth-order valence-corrected chi connectivity index (χ4v) is 40.7. The summed E-state index contributed by atoms with van der Waals surface area (Å²) in [7, 11) is -14.3. The van der Waals surface area contributed by atoms with Crippen molar-refractivity contribution in [2.75, 3.05) is 0 Å². The summed E-state index contributed by atoms with van der Waals surface area (Å²) in [4.78, 5) is 0. The minimum atomic E-state index is -3.09. The molecule has 0 saturated carbocycles. The Bertz CT molecular complexity index is 1920. The molecular weight excluding hydrogens is 927 g/mol. The van der Waals surface area contributed by atoms with Crippen LogP contribution in [0.5, 0.6) is 0 Å². The predicted octanol–water partition coefficient (Wildman–Crippen LogP) is -0.777. The molecule has 0 aromatic heterocycles. The van der Waals surface area contributed by atoms with Crippen molar-refractivity contribution in [3.63, 3.8) is 0 Å². The van der Waals surface area contributed by atoms with Crippen molar-refractivity contribution in [3.05, 3.63) is 75.3 Å². The standard InChI is InChI=1S/C48H81Si7.3ClH.Ti/c1-32-26-29-39(46(52(17,18)19)42(32)49(8,9)10)55(45-37(6)35(4)36(5)38(45)7,40-30-27-33(2)43(50(11,12)13)47(40)53(20,21)22)41-31-28-34(3)44(51(14,15)16)48(41)54(23,24)25;;;;/h26-31H,1-25H3;3*1H;/q-1;;;;+4/p-3. The van der Waals surface area contributed by atoms with Gasteiger partial charge in [0.2, 0.25) is 0 Å². The molecule has 4 aromatic rings. The minimum absolute atomic E-state index is 0. The van der Waals surface area contributed by atoms with Crippen molar-refractivity contribution in [1.82, 2.24) is 0 Å². The van der Waals surface area contributed by atoms with Crippen LogP contribution in [0.2, 0.25) is 118 Å². The topological polar surface area (TPSA) is 0 Å². The molecule has 0 spiro atoms. The second-order valence-electron chi connectivity index (χ2n) is 23.7. The Morgan fingerprint density at radius 3 is 0.729 bits per heavy atom. The van der Waals surface area contributed by atoms with Crippen molar-refractivity contribution in [3.8, 4) is 0 Å². The summed E-state index contributed by atoms with van der Waals surface area (Å²) < 4.78 is 0. The summed E-state index contributed by atoms with van der Waals surface area (Å²) in [5, 5.41) is 17.7. The Morgan fingerprint density at radius 1 is 0.339 bits per heavy atom. The van der Waals surface area contributed by atoms with E-state index in [4.69, 9.17) is 0 Å². The molecular formula is C48H81Cl3Si7Ti. The maximum absolute atomic E-state index is 3.09. The van der Waals surface area contributed by atoms with Gasteiger partial charge in [-0.2, -0.15) is 27.4 Å². The minimum Gasteiger partial charge on any atom is -1.00 e. The molecule has 0 atom stereocenters. The van der Waals surface area contributed by atoms with E-state index in [1.807, 2.05) is 15.6 Å². The fraction of sp³-hybridized carbons (Fsp3) is 0.521. The first-order chi connectivity index (χ1) is 24.5. The number of hydrogen-bond acceptors (Lipinski definition) is 0. The summed E-state index contributed by atoms with van der Waals surface area (Å²) in [6.45, 7) is 65.1. The average molecular weight is 1010 g/mol. The molecule has 11 heteroatoms. The van der Waals surface area contributed by atoms with Crippen LogP contribution in [0, 0.1) is 48.5 Å². The van der Waals surface area contributed by atoms with Crippen LogP contribution in [-0.4, -0.2) is 56.5 Å². The van der Waals surface area contributed by atoms with Gasteiger partial charge >= 0.3 is 21.7 Å². The first-order valence-electron chi connectivity index (χ1n) is 21.2. The molecule has 59 heavy (non-hydrogen) atoms. The van der Waals surface area contributed by atoms with Crippen molar-refractivity contribution in [2.24, 2.45) is 0 Å². The third-order valence-electron chi connectivity index (χ3n) is 12.8. The van der Waals surface area contributed by atoms with Gasteiger partial charge in [0.15, 0.2) is 8.07 Å². The molecule has 0 N–H and O–H groups in total. The van der Waals surface area contributed by atoms with Crippen LogP contribution in [-0.2, 0) is 21.7 Å². The molecule has 4 aromatic carbocycles. The zero-order chi connectivity index (χ0) is 42.6. The van der Waals surface area contributed by atoms with E-state index in [1.54, 1.807) is 47.4 Å². The van der Waals surface area contributed by atoms with Crippen LogP contribution in [0.25, 0.3) is 0 Å². The van der Waals surface area contributed by atoms with Gasteiger partial charge in [-0.15, -0.1) is 0 Å². The third-order valence-corrected chi connectivity index (χ3v) is 31.9. The van der Waals surface area contributed by atoms with E-state index in [0.717, 1.165) is 0 Å².